The average molecular weight is 247 g/mol. The summed E-state index contributed by atoms with van der Waals surface area (Å²) in [6.45, 7) is 2.44. The molecule has 0 unspecified atom stereocenters. The summed E-state index contributed by atoms with van der Waals surface area (Å²) < 4.78 is 0. The van der Waals surface area contributed by atoms with Gasteiger partial charge in [-0.15, -0.1) is 0 Å². The van der Waals surface area contributed by atoms with Gasteiger partial charge in [0.25, 0.3) is 0 Å². The third kappa shape index (κ3) is 6.15. The van der Waals surface area contributed by atoms with Crippen molar-refractivity contribution < 1.29 is 4.79 Å². The van der Waals surface area contributed by atoms with E-state index in [-0.39, 0.29) is 5.12 Å². The van der Waals surface area contributed by atoms with Crippen LogP contribution in [0.3, 0.4) is 0 Å². The Morgan fingerprint density at radius 1 is 1.47 bits per heavy atom. The second kappa shape index (κ2) is 7.94. The smallest absolute Gasteiger partial charge is 0.185 e. The van der Waals surface area contributed by atoms with Gasteiger partial charge in [0.2, 0.25) is 0 Å². The lowest BCUT2D eigenvalue weighted by Gasteiger charge is -1.99. The van der Waals surface area contributed by atoms with Gasteiger partial charge in [0.1, 0.15) is 0 Å². The van der Waals surface area contributed by atoms with E-state index in [2.05, 4.69) is 29.3 Å². The Morgan fingerprint density at radius 3 is 3.00 bits per heavy atom. The molecule has 1 aromatic carbocycles. The molecule has 0 atom stereocenters. The molecule has 0 radical (unpaired) electrons. The van der Waals surface area contributed by atoms with E-state index < -0.39 is 0 Å². The number of benzene rings is 1. The van der Waals surface area contributed by atoms with E-state index in [1.165, 1.54) is 17.3 Å². The van der Waals surface area contributed by atoms with Crippen molar-refractivity contribution in [1.29, 1.82) is 0 Å². The summed E-state index contributed by atoms with van der Waals surface area (Å²) in [6.07, 6.45) is 0.750. The first-order valence-electron chi connectivity index (χ1n) is 5.58. The molecule has 2 nitrogen and oxygen atoms in total. The van der Waals surface area contributed by atoms with Gasteiger partial charge in [0, 0.05) is 31.2 Å². The third-order valence-electron chi connectivity index (χ3n) is 2.07. The van der Waals surface area contributed by atoms with Crippen molar-refractivity contribution in [2.24, 2.45) is 0 Å². The van der Waals surface area contributed by atoms with E-state index in [1.807, 2.05) is 19.2 Å². The number of carbonyl (C=O) groups excluding carboxylic acids is 1. The minimum atomic E-state index is 0.155. The fraction of sp³-hybridized carbons (Fsp3) is 0.357. The van der Waals surface area contributed by atoms with Gasteiger partial charge in [0.15, 0.2) is 5.12 Å². The van der Waals surface area contributed by atoms with Crippen LogP contribution in [0.4, 0.5) is 0 Å². The minimum Gasteiger partial charge on any atom is -0.316 e. The first-order valence-corrected chi connectivity index (χ1v) is 6.56. The summed E-state index contributed by atoms with van der Waals surface area (Å²) in [5.41, 5.74) is 2.27. The molecule has 90 valence electrons. The lowest BCUT2D eigenvalue weighted by molar-refractivity contribution is -0.109. The quantitative estimate of drug-likeness (QED) is 0.654. The van der Waals surface area contributed by atoms with E-state index in [0.717, 1.165) is 24.3 Å². The topological polar surface area (TPSA) is 29.1 Å². The first kappa shape index (κ1) is 13.8. The van der Waals surface area contributed by atoms with E-state index in [4.69, 9.17) is 0 Å². The van der Waals surface area contributed by atoms with Gasteiger partial charge in [-0.2, -0.15) is 0 Å². The highest BCUT2D eigenvalue weighted by atomic mass is 32.2. The molecule has 0 aromatic heterocycles. The normalized spacial score (nSPS) is 9.53. The Bertz CT molecular complexity index is 431. The lowest BCUT2D eigenvalue weighted by Crippen LogP contribution is -2.04. The molecule has 0 aliphatic rings. The van der Waals surface area contributed by atoms with E-state index in [1.54, 1.807) is 6.92 Å². The highest BCUT2D eigenvalue weighted by Gasteiger charge is 1.93. The van der Waals surface area contributed by atoms with E-state index in [0.29, 0.717) is 0 Å². The summed E-state index contributed by atoms with van der Waals surface area (Å²) in [4.78, 5) is 10.7. The summed E-state index contributed by atoms with van der Waals surface area (Å²) in [5, 5.41) is 3.27. The molecular weight excluding hydrogens is 230 g/mol. The van der Waals surface area contributed by atoms with Gasteiger partial charge in [-0.05, 0) is 24.7 Å². The van der Waals surface area contributed by atoms with Crippen LogP contribution in [-0.2, 0) is 11.3 Å². The van der Waals surface area contributed by atoms with Crippen LogP contribution >= 0.6 is 11.8 Å². The van der Waals surface area contributed by atoms with Gasteiger partial charge in [-0.25, -0.2) is 0 Å². The summed E-state index contributed by atoms with van der Waals surface area (Å²) >= 11 is 1.33. The molecule has 1 N–H and O–H groups in total. The summed E-state index contributed by atoms with van der Waals surface area (Å²) in [5.74, 6) is 6.97. The number of hydrogen-bond donors (Lipinski definition) is 1. The number of rotatable bonds is 4. The maximum Gasteiger partial charge on any atom is 0.185 e. The van der Waals surface area contributed by atoms with Crippen molar-refractivity contribution in [1.82, 2.24) is 5.32 Å². The zero-order valence-corrected chi connectivity index (χ0v) is 11.1. The van der Waals surface area contributed by atoms with Crippen molar-refractivity contribution in [3.8, 4) is 11.8 Å². The van der Waals surface area contributed by atoms with Gasteiger partial charge >= 0.3 is 0 Å². The molecule has 0 saturated carbocycles. The predicted octanol–water partition coefficient (Wildman–Crippen LogP) is 2.43. The fourth-order valence-electron chi connectivity index (χ4n) is 1.37. The highest BCUT2D eigenvalue weighted by Crippen LogP contribution is 2.05. The Morgan fingerprint density at radius 2 is 2.29 bits per heavy atom. The molecule has 0 amide bonds. The van der Waals surface area contributed by atoms with Crippen molar-refractivity contribution >= 4 is 16.9 Å². The lowest BCUT2D eigenvalue weighted by atomic mass is 10.1. The van der Waals surface area contributed by atoms with Crippen LogP contribution in [0.1, 0.15) is 24.5 Å². The average Bonchev–Trinajstić information content (AvgIpc) is 2.29. The van der Waals surface area contributed by atoms with Crippen LogP contribution in [0, 0.1) is 11.8 Å². The van der Waals surface area contributed by atoms with Crippen LogP contribution in [0.2, 0.25) is 0 Å². The highest BCUT2D eigenvalue weighted by molar-refractivity contribution is 8.13. The number of hydrogen-bond acceptors (Lipinski definition) is 3. The summed E-state index contributed by atoms with van der Waals surface area (Å²) in [7, 11) is 1.93. The van der Waals surface area contributed by atoms with Gasteiger partial charge in [-0.3, -0.25) is 4.79 Å². The van der Waals surface area contributed by atoms with Crippen molar-refractivity contribution in [3.63, 3.8) is 0 Å². The van der Waals surface area contributed by atoms with Crippen LogP contribution < -0.4 is 5.32 Å². The largest absolute Gasteiger partial charge is 0.316 e. The Kier molecular flexibility index (Phi) is 6.46. The molecule has 1 aromatic rings. The van der Waals surface area contributed by atoms with Gasteiger partial charge in [0.05, 0.1) is 0 Å². The molecule has 1 rings (SSSR count). The molecule has 3 heteroatoms. The van der Waals surface area contributed by atoms with E-state index >= 15 is 0 Å². The predicted molar refractivity (Wildman–Crippen MR) is 73.8 cm³/mol. The zero-order chi connectivity index (χ0) is 12.5. The zero-order valence-electron chi connectivity index (χ0n) is 10.2. The molecule has 0 aliphatic heterocycles. The summed E-state index contributed by atoms with van der Waals surface area (Å²) in [6, 6.07) is 8.18. The molecule has 0 aliphatic carbocycles. The molecular formula is C14H17NOS. The van der Waals surface area contributed by atoms with Gasteiger partial charge in [-0.1, -0.05) is 35.7 Å². The standard InChI is InChI=1S/C14H17NOS/c1-12(16)17-9-4-3-6-13-7-5-8-14(10-13)11-15-2/h5,7-8,10,15H,4,9,11H2,1-2H3. The molecule has 0 saturated heterocycles. The van der Waals surface area contributed by atoms with Crippen LogP contribution in [0.25, 0.3) is 0 Å². The maximum absolute atomic E-state index is 10.7. The van der Waals surface area contributed by atoms with Gasteiger partial charge < -0.3 is 5.32 Å². The third-order valence-corrected chi connectivity index (χ3v) is 2.89. The Balaban J connectivity index is 2.47. The number of nitrogens with one attached hydrogen (secondary N) is 1. The molecule has 0 fully saturated rings. The first-order chi connectivity index (χ1) is 8.22. The van der Waals surface area contributed by atoms with Crippen LogP contribution in [0.15, 0.2) is 24.3 Å². The SMILES string of the molecule is CNCc1cccc(C#CCCSC(C)=O)c1. The van der Waals surface area contributed by atoms with Crippen molar-refractivity contribution in [2.45, 2.75) is 19.9 Å². The molecule has 0 heterocycles. The molecule has 0 spiro atoms. The fourth-order valence-corrected chi connectivity index (χ4v) is 1.87. The van der Waals surface area contributed by atoms with Crippen molar-refractivity contribution in [3.05, 3.63) is 35.4 Å². The monoisotopic (exact) mass is 247 g/mol. The Labute approximate surface area is 107 Å². The second-order valence-corrected chi connectivity index (χ2v) is 4.89. The minimum absolute atomic E-state index is 0.155. The molecule has 17 heavy (non-hydrogen) atoms. The molecule has 0 bridgehead atoms. The number of carbonyl (C=O) groups is 1. The number of thioether (sulfide) groups is 1. The van der Waals surface area contributed by atoms with Crippen molar-refractivity contribution in [2.75, 3.05) is 12.8 Å². The second-order valence-electron chi connectivity index (χ2n) is 3.62. The Hall–Kier alpha value is -1.24. The van der Waals surface area contributed by atoms with Crippen LogP contribution in [-0.4, -0.2) is 17.9 Å². The van der Waals surface area contributed by atoms with Crippen LogP contribution in [0.5, 0.6) is 0 Å². The maximum atomic E-state index is 10.7. The van der Waals surface area contributed by atoms with E-state index in [9.17, 15) is 4.79 Å².